The van der Waals surface area contributed by atoms with Crippen LogP contribution in [0.25, 0.3) is 0 Å². The van der Waals surface area contributed by atoms with Gasteiger partial charge < -0.3 is 64.1 Å². The van der Waals surface area contributed by atoms with Gasteiger partial charge in [-0.15, -0.1) is 0 Å². The summed E-state index contributed by atoms with van der Waals surface area (Å²) in [4.78, 5) is 16.0. The first-order valence-corrected chi connectivity index (χ1v) is 25.1. The average molecular weight is 1000 g/mol. The molecule has 17 heteroatoms. The van der Waals surface area contributed by atoms with Crippen LogP contribution in [0.2, 0.25) is 0 Å². The van der Waals surface area contributed by atoms with Crippen molar-refractivity contribution in [3.8, 4) is 0 Å². The van der Waals surface area contributed by atoms with Gasteiger partial charge in [-0.3, -0.25) is 4.79 Å². The van der Waals surface area contributed by atoms with Crippen molar-refractivity contribution >= 4 is 48.9 Å². The van der Waals surface area contributed by atoms with Gasteiger partial charge in [0.15, 0.2) is 12.6 Å². The Kier molecular flexibility index (Phi) is 19.3. The summed E-state index contributed by atoms with van der Waals surface area (Å²) in [5.41, 5.74) is -4.68. The Morgan fingerprint density at radius 3 is 2.04 bits per heavy atom. The molecule has 6 N–H and O–H groups in total. The van der Waals surface area contributed by atoms with E-state index < -0.39 is 102 Å². The van der Waals surface area contributed by atoms with Gasteiger partial charge in [0.1, 0.15) is 23.9 Å². The van der Waals surface area contributed by atoms with E-state index in [4.69, 9.17) is 28.4 Å². The zero-order chi connectivity index (χ0) is 41.7. The molecule has 17 unspecified atom stereocenters. The largest absolute Gasteiger partial charge is 0.459 e. The van der Waals surface area contributed by atoms with Crippen molar-refractivity contribution in [3.05, 3.63) is 0 Å². The summed E-state index contributed by atoms with van der Waals surface area (Å²) in [6, 6.07) is -0.322. The Bertz CT molecular complexity index is 1210. The predicted octanol–water partition coefficient (Wildman–Crippen LogP) is 3.82. The Hall–Kier alpha value is -0.0400. The highest BCUT2D eigenvalue weighted by molar-refractivity contribution is 15.0. The van der Waals surface area contributed by atoms with Gasteiger partial charge in [-0.1, -0.05) is 32.9 Å². The molecule has 0 aromatic carbocycles. The molecule has 0 amide bonds. The minimum atomic E-state index is -1.97. The smallest absolute Gasteiger partial charge is 0.311 e. The molecule has 54 heavy (non-hydrogen) atoms. The molecule has 0 bridgehead atoms. The quantitative estimate of drug-likeness (QED) is 0.0929. The monoisotopic (exact) mass is 1000 g/mol. The van der Waals surface area contributed by atoms with Gasteiger partial charge in [-0.2, -0.15) is 0 Å². The fourth-order valence-electron chi connectivity index (χ4n) is 8.61. The van der Waals surface area contributed by atoms with Crippen LogP contribution in [-0.4, -0.2) is 153 Å². The van der Waals surface area contributed by atoms with Crippen molar-refractivity contribution in [1.29, 1.82) is 0 Å². The number of cyclic esters (lactones) is 1. The number of aliphatic hydroxyl groups is 5. The third kappa shape index (κ3) is 11.4. The normalized spacial score (nSPS) is 48.1. The summed E-state index contributed by atoms with van der Waals surface area (Å²) < 4.78 is 37.2. The number of rotatable bonds is 7. The lowest BCUT2D eigenvalue weighted by Gasteiger charge is -2.49. The number of hydrogen-bond donors (Lipinski definition) is 6. The topological polar surface area (TPSA) is 209 Å². The van der Waals surface area contributed by atoms with E-state index in [2.05, 4.69) is 42.4 Å². The van der Waals surface area contributed by atoms with Gasteiger partial charge in [0.2, 0.25) is 0 Å². The maximum atomic E-state index is 14.1. The fraction of sp³-hybridized carbons (Fsp3) is 0.946. The molecule has 15 nitrogen and oxygen atoms in total. The van der Waals surface area contributed by atoms with Gasteiger partial charge in [-0.05, 0) is 74.9 Å². The van der Waals surface area contributed by atoms with Crippen molar-refractivity contribution in [3.63, 3.8) is 0 Å². The number of carbonyl (C=O) groups is 1. The molecule has 3 saturated heterocycles. The zero-order valence-corrected chi connectivity index (χ0v) is 38.5. The van der Waals surface area contributed by atoms with Crippen molar-refractivity contribution in [2.45, 2.75) is 179 Å². The molecule has 0 aromatic heterocycles. The Morgan fingerprint density at radius 1 is 0.926 bits per heavy atom. The van der Waals surface area contributed by atoms with Crippen LogP contribution in [0, 0.1) is 23.7 Å². The van der Waals surface area contributed by atoms with E-state index in [-0.39, 0.29) is 37.1 Å². The lowest BCUT2D eigenvalue weighted by Crippen LogP contribution is -2.61. The summed E-state index contributed by atoms with van der Waals surface area (Å²) in [6.45, 7) is 16.6. The molecule has 0 aliphatic carbocycles. The van der Waals surface area contributed by atoms with E-state index in [9.17, 15) is 35.5 Å². The lowest BCUT2D eigenvalue weighted by atomic mass is 9.73. The molecule has 3 aliphatic rings. The maximum absolute atomic E-state index is 14.1. The number of halogens is 2. The molecule has 0 radical (unpaired) electrons. The van der Waals surface area contributed by atoms with Crippen molar-refractivity contribution < 1.29 is 64.0 Å². The highest BCUT2D eigenvalue weighted by atomic mass is 128. The number of nitrogens with zero attached hydrogens (tertiary/aromatic N) is 2. The van der Waals surface area contributed by atoms with Crippen molar-refractivity contribution in [2.24, 2.45) is 28.8 Å². The fourth-order valence-corrected chi connectivity index (χ4v) is 8.61. The molecule has 3 rings (SSSR count). The summed E-state index contributed by atoms with van der Waals surface area (Å²) in [7, 11) is 5.19. The third-order valence-corrected chi connectivity index (χ3v) is 12.0. The number of oxime groups is 1. The molecular formula is C37H68I2N2O13. The highest BCUT2D eigenvalue weighted by Gasteiger charge is 2.53. The number of esters is 1. The number of hydrogen-bond acceptors (Lipinski definition) is 15. The summed E-state index contributed by atoms with van der Waals surface area (Å²) >= 11 is 4.24. The second-order valence-electron chi connectivity index (χ2n) is 16.6. The van der Waals surface area contributed by atoms with Crippen LogP contribution in [0.5, 0.6) is 0 Å². The first-order chi connectivity index (χ1) is 25.0. The molecule has 3 aliphatic heterocycles. The van der Waals surface area contributed by atoms with Gasteiger partial charge >= 0.3 is 5.97 Å². The van der Waals surface area contributed by atoms with Crippen LogP contribution in [-0.2, 0) is 33.2 Å². The van der Waals surface area contributed by atoms with Gasteiger partial charge in [0, 0.05) is 74.6 Å². The van der Waals surface area contributed by atoms with E-state index in [0.717, 1.165) is 0 Å². The van der Waals surface area contributed by atoms with Gasteiger partial charge in [0.05, 0.1) is 53.4 Å². The number of methoxy groups -OCH3 is 1. The van der Waals surface area contributed by atoms with Crippen LogP contribution < -0.4 is 0 Å². The molecule has 0 aromatic rings. The molecule has 18 atom stereocenters. The number of aliphatic hydroxyl groups excluding tert-OH is 3. The summed E-state index contributed by atoms with van der Waals surface area (Å²) in [5, 5.41) is 71.8. The Labute approximate surface area is 345 Å². The lowest BCUT2D eigenvalue weighted by molar-refractivity contribution is -0.317. The third-order valence-electron chi connectivity index (χ3n) is 12.0. The predicted molar refractivity (Wildman–Crippen MR) is 219 cm³/mol. The van der Waals surface area contributed by atoms with E-state index in [1.165, 1.54) is 14.0 Å². The summed E-state index contributed by atoms with van der Waals surface area (Å²) in [6.07, 6.45) is -9.51. The molecule has 0 saturated carbocycles. The minimum Gasteiger partial charge on any atom is -0.459 e. The molecular weight excluding hydrogens is 934 g/mol. The van der Waals surface area contributed by atoms with E-state index in [1.54, 1.807) is 55.4 Å². The second-order valence-corrected chi connectivity index (χ2v) is 16.6. The first kappa shape index (κ1) is 50.1. The van der Waals surface area contributed by atoms with Crippen LogP contribution in [0.3, 0.4) is 0 Å². The first-order valence-electron chi connectivity index (χ1n) is 18.9. The van der Waals surface area contributed by atoms with Crippen molar-refractivity contribution in [1.82, 2.24) is 4.90 Å². The average Bonchev–Trinajstić information content (AvgIpc) is 3.10. The van der Waals surface area contributed by atoms with E-state index >= 15 is 0 Å². The van der Waals surface area contributed by atoms with E-state index in [1.807, 2.05) is 25.9 Å². The number of carbonyl (C=O) groups excluding carboxylic acids is 1. The van der Waals surface area contributed by atoms with E-state index in [0.29, 0.717) is 6.42 Å². The number of likely N-dealkylation sites (N-methyl/N-ethyl adjacent to an activating group) is 1. The van der Waals surface area contributed by atoms with Crippen LogP contribution in [0.1, 0.15) is 94.9 Å². The van der Waals surface area contributed by atoms with Crippen LogP contribution in [0.15, 0.2) is 5.16 Å². The second kappa shape index (κ2) is 20.8. The van der Waals surface area contributed by atoms with Gasteiger partial charge in [0.25, 0.3) is 0 Å². The summed E-state index contributed by atoms with van der Waals surface area (Å²) in [5.74, 6) is -4.24. The van der Waals surface area contributed by atoms with Gasteiger partial charge in [-0.25, -0.2) is 0 Å². The van der Waals surface area contributed by atoms with Crippen LogP contribution >= 0.6 is 37.2 Å². The number of ether oxygens (including phenoxy) is 6. The Balaban J connectivity index is 0.00000495. The molecule has 3 heterocycles. The van der Waals surface area contributed by atoms with Crippen LogP contribution in [0.4, 0.5) is 0 Å². The molecule has 0 spiro atoms. The minimum absolute atomic E-state index is 0.0657. The molecule has 3 fully saturated rings. The van der Waals surface area contributed by atoms with Crippen molar-refractivity contribution in [2.75, 3.05) is 21.2 Å². The maximum Gasteiger partial charge on any atom is 0.311 e. The highest BCUT2D eigenvalue weighted by Crippen LogP contribution is 2.41. The molecule has 318 valence electrons. The Morgan fingerprint density at radius 2 is 1.52 bits per heavy atom. The standard InChI is InChI=1S/C37H68N2O13.I2/c1-14-25-37(10,45)30(41)20(4)27(38-46)18(2)16-35(8,44)32(52-34-28(40)24(39(11)12)15-19(3)48-34)21(5)29(22(6)33(43)50-25)51-26-17-36(9,47-13)31(42)23(7)49-26;1-2/h18-26,28-32,34,40-42,44-46H,14-17H2,1-13H3;/b38-27-;/t18?,19?,20?,21?,22?,23?,24?,25-,26?,28?,29?,30?,31?,32?,34?,35?,36?,37?;/m1./s1. The zero-order valence-electron chi connectivity index (χ0n) is 34.2. The SMILES string of the molecule is CC[C@H]1OC(=O)C(C)C(OC2CC(C)(OC)C(O)C(C)O2)C(C)C(OC2OC(C)CC(N(C)C)C2O)C(C)(O)CC(C)/C(=N/O)C(C)C(O)C1(C)O.II.